The van der Waals surface area contributed by atoms with Gasteiger partial charge in [0.1, 0.15) is 0 Å². The second-order valence-corrected chi connectivity index (χ2v) is 5.73. The monoisotopic (exact) mass is 269 g/mol. The zero-order valence-electron chi connectivity index (χ0n) is 11.5. The highest BCUT2D eigenvalue weighted by atomic mass is 32.2. The molecule has 0 unspecified atom stereocenters. The Morgan fingerprint density at radius 1 is 1.39 bits per heavy atom. The summed E-state index contributed by atoms with van der Waals surface area (Å²) < 4.78 is 0. The van der Waals surface area contributed by atoms with Crippen molar-refractivity contribution >= 4 is 11.8 Å². The van der Waals surface area contributed by atoms with E-state index in [1.807, 2.05) is 0 Å². The molecule has 0 radical (unpaired) electrons. The largest absolute Gasteiger partial charge is 0.309 e. The number of nitrogens with one attached hydrogen (secondary N) is 1. The number of aryl methyl sites for hydroxylation is 1. The summed E-state index contributed by atoms with van der Waals surface area (Å²) in [6.07, 6.45) is 4.20. The Balaban J connectivity index is 2.49. The Hall–Kier alpha value is -0.810. The minimum Gasteiger partial charge on any atom is -0.309 e. The maximum atomic E-state index is 11.5. The lowest BCUT2D eigenvalue weighted by Crippen LogP contribution is -2.14. The molecule has 1 rings (SSSR count). The third-order valence-electron chi connectivity index (χ3n) is 2.55. The Kier molecular flexibility index (Phi) is 7.05. The second-order valence-electron chi connectivity index (χ2n) is 4.65. The molecule has 1 aromatic rings. The summed E-state index contributed by atoms with van der Waals surface area (Å²) in [5.74, 6) is 0.984. The number of unbranched alkanes of at least 4 members (excludes halogenated alkanes) is 1. The van der Waals surface area contributed by atoms with E-state index in [1.54, 1.807) is 17.8 Å². The molecule has 5 heteroatoms. The van der Waals surface area contributed by atoms with Gasteiger partial charge in [-0.05, 0) is 39.9 Å². The topological polar surface area (TPSA) is 49.0 Å². The first kappa shape index (κ1) is 15.2. The van der Waals surface area contributed by atoms with Crippen molar-refractivity contribution in [1.29, 1.82) is 0 Å². The van der Waals surface area contributed by atoms with Crippen molar-refractivity contribution in [3.8, 4) is 0 Å². The lowest BCUT2D eigenvalue weighted by atomic mass is 10.2. The van der Waals surface area contributed by atoms with Gasteiger partial charge in [0.05, 0.1) is 0 Å². The summed E-state index contributed by atoms with van der Waals surface area (Å²) in [5, 5.41) is 0.757. The first-order chi connectivity index (χ1) is 8.61. The molecular formula is C13H23N3OS. The Morgan fingerprint density at radius 3 is 2.83 bits per heavy atom. The molecule has 102 valence electrons. The summed E-state index contributed by atoms with van der Waals surface area (Å²) >= 11 is 1.63. The van der Waals surface area contributed by atoms with Gasteiger partial charge in [0, 0.05) is 17.5 Å². The molecule has 0 bridgehead atoms. The van der Waals surface area contributed by atoms with E-state index in [9.17, 15) is 4.79 Å². The van der Waals surface area contributed by atoms with Crippen LogP contribution in [0.25, 0.3) is 0 Å². The fraction of sp³-hybridized carbons (Fsp3) is 0.692. The van der Waals surface area contributed by atoms with Crippen LogP contribution in [0.5, 0.6) is 0 Å². The van der Waals surface area contributed by atoms with Gasteiger partial charge in [0.25, 0.3) is 5.56 Å². The molecule has 0 saturated heterocycles. The minimum absolute atomic E-state index is 0.0359. The van der Waals surface area contributed by atoms with E-state index in [0.29, 0.717) is 0 Å². The molecule has 0 spiro atoms. The van der Waals surface area contributed by atoms with E-state index >= 15 is 0 Å². The lowest BCUT2D eigenvalue weighted by Gasteiger charge is -2.08. The van der Waals surface area contributed by atoms with E-state index in [4.69, 9.17) is 0 Å². The standard InChI is InChI=1S/C13H23N3OS/c1-4-5-7-11-10-12(17)15-13(14-11)18-9-6-8-16(2)3/h10H,4-9H2,1-3H3,(H,14,15,17). The molecule has 0 aliphatic heterocycles. The van der Waals surface area contributed by atoms with E-state index < -0.39 is 0 Å². The van der Waals surface area contributed by atoms with Gasteiger partial charge in [0.2, 0.25) is 0 Å². The normalized spacial score (nSPS) is 11.1. The molecule has 0 amide bonds. The van der Waals surface area contributed by atoms with Crippen molar-refractivity contribution in [3.05, 3.63) is 22.1 Å². The van der Waals surface area contributed by atoms with Crippen molar-refractivity contribution in [2.45, 2.75) is 37.8 Å². The number of nitrogens with zero attached hydrogens (tertiary/aromatic N) is 2. The first-order valence-corrected chi connectivity index (χ1v) is 7.48. The molecule has 1 N–H and O–H groups in total. The predicted octanol–water partition coefficient (Wildman–Crippen LogP) is 2.16. The highest BCUT2D eigenvalue weighted by Gasteiger charge is 2.02. The van der Waals surface area contributed by atoms with Crippen LogP contribution in [0, 0.1) is 0 Å². The zero-order valence-corrected chi connectivity index (χ0v) is 12.3. The molecule has 1 heterocycles. The highest BCUT2D eigenvalue weighted by molar-refractivity contribution is 7.99. The number of thioether (sulfide) groups is 1. The average molecular weight is 269 g/mol. The molecular weight excluding hydrogens is 246 g/mol. The fourth-order valence-corrected chi connectivity index (χ4v) is 2.41. The summed E-state index contributed by atoms with van der Waals surface area (Å²) in [4.78, 5) is 20.9. The quantitative estimate of drug-likeness (QED) is 0.446. The van der Waals surface area contributed by atoms with Crippen LogP contribution in [-0.2, 0) is 6.42 Å². The smallest absolute Gasteiger partial charge is 0.251 e. The van der Waals surface area contributed by atoms with E-state index in [-0.39, 0.29) is 5.56 Å². The Labute approximate surface area is 113 Å². The third kappa shape index (κ3) is 6.21. The van der Waals surface area contributed by atoms with Crippen LogP contribution in [-0.4, -0.2) is 41.3 Å². The van der Waals surface area contributed by atoms with E-state index in [0.717, 1.165) is 48.8 Å². The SMILES string of the molecule is CCCCc1cc(=O)[nH]c(SCCCN(C)C)n1. The van der Waals surface area contributed by atoms with Gasteiger partial charge in [-0.25, -0.2) is 4.98 Å². The Bertz CT molecular complexity index is 403. The van der Waals surface area contributed by atoms with Gasteiger partial charge < -0.3 is 9.88 Å². The maximum Gasteiger partial charge on any atom is 0.251 e. The van der Waals surface area contributed by atoms with Crippen LogP contribution in [0.2, 0.25) is 0 Å². The van der Waals surface area contributed by atoms with Gasteiger partial charge in [-0.3, -0.25) is 4.79 Å². The maximum absolute atomic E-state index is 11.5. The molecule has 0 aliphatic carbocycles. The van der Waals surface area contributed by atoms with Gasteiger partial charge >= 0.3 is 0 Å². The molecule has 0 fully saturated rings. The molecule has 0 aromatic carbocycles. The number of aromatic nitrogens is 2. The molecule has 0 atom stereocenters. The molecule has 4 nitrogen and oxygen atoms in total. The van der Waals surface area contributed by atoms with Crippen molar-refractivity contribution in [2.75, 3.05) is 26.4 Å². The molecule has 1 aromatic heterocycles. The number of hydrogen-bond donors (Lipinski definition) is 1. The minimum atomic E-state index is -0.0359. The second kappa shape index (κ2) is 8.32. The van der Waals surface area contributed by atoms with Crippen molar-refractivity contribution < 1.29 is 0 Å². The number of aromatic amines is 1. The summed E-state index contributed by atoms with van der Waals surface area (Å²) in [6.45, 7) is 3.21. The third-order valence-corrected chi connectivity index (χ3v) is 3.51. The van der Waals surface area contributed by atoms with Crippen LogP contribution in [0.15, 0.2) is 16.0 Å². The number of H-pyrrole nitrogens is 1. The van der Waals surface area contributed by atoms with Crippen molar-refractivity contribution in [2.24, 2.45) is 0 Å². The number of rotatable bonds is 8. The highest BCUT2D eigenvalue weighted by Crippen LogP contribution is 2.13. The number of hydrogen-bond acceptors (Lipinski definition) is 4. The predicted molar refractivity (Wildman–Crippen MR) is 77.4 cm³/mol. The van der Waals surface area contributed by atoms with Crippen molar-refractivity contribution in [3.63, 3.8) is 0 Å². The molecule has 0 saturated carbocycles. The van der Waals surface area contributed by atoms with Gasteiger partial charge in [-0.1, -0.05) is 25.1 Å². The first-order valence-electron chi connectivity index (χ1n) is 6.49. The van der Waals surface area contributed by atoms with Crippen molar-refractivity contribution in [1.82, 2.24) is 14.9 Å². The summed E-state index contributed by atoms with van der Waals surface area (Å²) in [5.41, 5.74) is 0.877. The summed E-state index contributed by atoms with van der Waals surface area (Å²) in [6, 6.07) is 1.61. The lowest BCUT2D eigenvalue weighted by molar-refractivity contribution is 0.410. The van der Waals surface area contributed by atoms with Gasteiger partial charge in [0.15, 0.2) is 5.16 Å². The average Bonchev–Trinajstić information content (AvgIpc) is 2.31. The summed E-state index contributed by atoms with van der Waals surface area (Å²) in [7, 11) is 4.13. The van der Waals surface area contributed by atoms with Crippen LogP contribution >= 0.6 is 11.8 Å². The van der Waals surface area contributed by atoms with Crippen LogP contribution < -0.4 is 5.56 Å². The van der Waals surface area contributed by atoms with Gasteiger partial charge in [-0.15, -0.1) is 0 Å². The van der Waals surface area contributed by atoms with E-state index in [2.05, 4.69) is 35.9 Å². The molecule has 0 aliphatic rings. The fourth-order valence-electron chi connectivity index (χ4n) is 1.59. The van der Waals surface area contributed by atoms with Gasteiger partial charge in [-0.2, -0.15) is 0 Å². The zero-order chi connectivity index (χ0) is 13.4. The van der Waals surface area contributed by atoms with Crippen LogP contribution in [0.1, 0.15) is 31.9 Å². The van der Waals surface area contributed by atoms with E-state index in [1.165, 1.54) is 0 Å². The molecule has 18 heavy (non-hydrogen) atoms. The Morgan fingerprint density at radius 2 is 2.17 bits per heavy atom. The van der Waals surface area contributed by atoms with Crippen LogP contribution in [0.3, 0.4) is 0 Å². The van der Waals surface area contributed by atoms with Crippen LogP contribution in [0.4, 0.5) is 0 Å².